The predicted molar refractivity (Wildman–Crippen MR) is 61.0 cm³/mol. The number of nitrogens with one attached hydrogen (secondary N) is 1. The van der Waals surface area contributed by atoms with E-state index in [0.29, 0.717) is 12.1 Å². The van der Waals surface area contributed by atoms with Gasteiger partial charge in [0.15, 0.2) is 0 Å². The van der Waals surface area contributed by atoms with Gasteiger partial charge in [-0.1, -0.05) is 18.2 Å². The third kappa shape index (κ3) is 2.00. The molecule has 0 saturated heterocycles. The molecule has 0 aliphatic carbocycles. The molecule has 0 saturated carbocycles. The molecule has 1 heterocycles. The molecule has 1 aromatic heterocycles. The van der Waals surface area contributed by atoms with Crippen molar-refractivity contribution in [3.05, 3.63) is 42.6 Å². The van der Waals surface area contributed by atoms with Crippen molar-refractivity contribution in [1.29, 1.82) is 0 Å². The van der Waals surface area contributed by atoms with Crippen LogP contribution >= 0.6 is 0 Å². The first-order chi connectivity index (χ1) is 7.81. The van der Waals surface area contributed by atoms with Crippen molar-refractivity contribution in [2.45, 2.75) is 0 Å². The highest BCUT2D eigenvalue weighted by Gasteiger charge is 2.03. The second-order valence-electron chi connectivity index (χ2n) is 3.21. The van der Waals surface area contributed by atoms with E-state index >= 15 is 0 Å². The molecule has 0 aliphatic heterocycles. The highest BCUT2D eigenvalue weighted by molar-refractivity contribution is 5.84. The van der Waals surface area contributed by atoms with E-state index in [4.69, 9.17) is 5.11 Å². The van der Waals surface area contributed by atoms with Gasteiger partial charge in [-0.15, -0.1) is 0 Å². The Morgan fingerprint density at radius 2 is 2.00 bits per heavy atom. The van der Waals surface area contributed by atoms with Crippen LogP contribution in [0.25, 0.3) is 11.1 Å². The number of para-hydroxylation sites is 1. The van der Waals surface area contributed by atoms with Crippen molar-refractivity contribution in [1.82, 2.24) is 4.98 Å². The van der Waals surface area contributed by atoms with E-state index in [9.17, 15) is 4.79 Å². The van der Waals surface area contributed by atoms with Gasteiger partial charge in [-0.05, 0) is 12.1 Å². The number of nitrogens with zero attached hydrogens (tertiary/aromatic N) is 1. The number of carbonyl (C=O) groups excluding carboxylic acids is 1. The fourth-order valence-corrected chi connectivity index (χ4v) is 1.47. The summed E-state index contributed by atoms with van der Waals surface area (Å²) in [5.74, 6) is -0.0235. The molecule has 1 aromatic carbocycles. The molecule has 2 N–H and O–H groups in total. The third-order valence-electron chi connectivity index (χ3n) is 2.20. The minimum absolute atomic E-state index is 0.0235. The van der Waals surface area contributed by atoms with Crippen LogP contribution in [-0.2, 0) is 4.79 Å². The first-order valence-electron chi connectivity index (χ1n) is 4.76. The Morgan fingerprint density at radius 1 is 1.19 bits per heavy atom. The van der Waals surface area contributed by atoms with Crippen LogP contribution in [0, 0.1) is 0 Å². The zero-order chi connectivity index (χ0) is 11.4. The summed E-state index contributed by atoms with van der Waals surface area (Å²) in [5, 5.41) is 11.7. The lowest BCUT2D eigenvalue weighted by Gasteiger charge is -2.07. The molecule has 0 unspecified atom stereocenters. The van der Waals surface area contributed by atoms with Crippen LogP contribution in [0.1, 0.15) is 0 Å². The van der Waals surface area contributed by atoms with E-state index in [2.05, 4.69) is 10.3 Å². The maximum absolute atomic E-state index is 10.4. The largest absolute Gasteiger partial charge is 0.493 e. The van der Waals surface area contributed by atoms with Gasteiger partial charge in [-0.3, -0.25) is 4.79 Å². The normalized spacial score (nSPS) is 9.75. The molecule has 2 rings (SSSR count). The van der Waals surface area contributed by atoms with Gasteiger partial charge in [0.2, 0.25) is 12.3 Å². The zero-order valence-corrected chi connectivity index (χ0v) is 8.42. The first kappa shape index (κ1) is 10.2. The second kappa shape index (κ2) is 4.44. The van der Waals surface area contributed by atoms with Gasteiger partial charge in [0.05, 0.1) is 0 Å². The maximum Gasteiger partial charge on any atom is 0.211 e. The van der Waals surface area contributed by atoms with E-state index < -0.39 is 0 Å². The van der Waals surface area contributed by atoms with Crippen LogP contribution in [0.5, 0.6) is 5.88 Å². The maximum atomic E-state index is 10.4. The number of aromatic nitrogens is 1. The molecule has 4 heteroatoms. The van der Waals surface area contributed by atoms with E-state index in [1.54, 1.807) is 18.3 Å². The third-order valence-corrected chi connectivity index (χ3v) is 2.20. The van der Waals surface area contributed by atoms with Gasteiger partial charge in [0, 0.05) is 29.1 Å². The molecule has 2 aromatic rings. The fraction of sp³-hybridized carbons (Fsp3) is 0. The van der Waals surface area contributed by atoms with Crippen molar-refractivity contribution in [3.63, 3.8) is 0 Å². The van der Waals surface area contributed by atoms with Crippen molar-refractivity contribution in [3.8, 4) is 17.0 Å². The molecule has 80 valence electrons. The van der Waals surface area contributed by atoms with Crippen molar-refractivity contribution in [2.24, 2.45) is 0 Å². The van der Waals surface area contributed by atoms with Gasteiger partial charge < -0.3 is 10.4 Å². The number of amides is 1. The van der Waals surface area contributed by atoms with E-state index in [0.717, 1.165) is 11.1 Å². The fourth-order valence-electron chi connectivity index (χ4n) is 1.47. The summed E-state index contributed by atoms with van der Waals surface area (Å²) in [4.78, 5) is 14.2. The lowest BCUT2D eigenvalue weighted by molar-refractivity contribution is -0.105. The smallest absolute Gasteiger partial charge is 0.211 e. The van der Waals surface area contributed by atoms with Crippen LogP contribution in [0.15, 0.2) is 42.6 Å². The summed E-state index contributed by atoms with van der Waals surface area (Å²) in [6.07, 6.45) is 2.19. The summed E-state index contributed by atoms with van der Waals surface area (Å²) in [6, 6.07) is 10.6. The van der Waals surface area contributed by atoms with Crippen molar-refractivity contribution < 1.29 is 9.90 Å². The molecular formula is C12H10N2O2. The van der Waals surface area contributed by atoms with Crippen molar-refractivity contribution >= 4 is 12.1 Å². The molecule has 16 heavy (non-hydrogen) atoms. The highest BCUT2D eigenvalue weighted by atomic mass is 16.3. The van der Waals surface area contributed by atoms with Crippen LogP contribution in [0.2, 0.25) is 0 Å². The quantitative estimate of drug-likeness (QED) is 0.768. The molecule has 0 bridgehead atoms. The zero-order valence-electron chi connectivity index (χ0n) is 8.42. The topological polar surface area (TPSA) is 62.2 Å². The minimum Gasteiger partial charge on any atom is -0.493 e. The minimum atomic E-state index is -0.0235. The van der Waals surface area contributed by atoms with E-state index in [1.165, 1.54) is 6.07 Å². The Balaban J connectivity index is 2.46. The van der Waals surface area contributed by atoms with Gasteiger partial charge >= 0.3 is 0 Å². The monoisotopic (exact) mass is 214 g/mol. The number of benzene rings is 1. The molecule has 1 amide bonds. The summed E-state index contributed by atoms with van der Waals surface area (Å²) in [5.41, 5.74) is 2.41. The summed E-state index contributed by atoms with van der Waals surface area (Å²) in [7, 11) is 0. The number of hydrogen-bond donors (Lipinski definition) is 2. The average molecular weight is 214 g/mol. The Kier molecular flexibility index (Phi) is 2.82. The van der Waals surface area contributed by atoms with Gasteiger partial charge in [-0.2, -0.15) is 0 Å². The molecule has 0 radical (unpaired) electrons. The first-order valence-corrected chi connectivity index (χ1v) is 4.76. The SMILES string of the molecule is O=CNc1ccccc1-c1ccc(O)nc1. The van der Waals surface area contributed by atoms with Crippen LogP contribution in [-0.4, -0.2) is 16.5 Å². The average Bonchev–Trinajstić information content (AvgIpc) is 2.32. The Bertz CT molecular complexity index is 495. The number of rotatable bonds is 3. The Labute approximate surface area is 92.6 Å². The van der Waals surface area contributed by atoms with Crippen LogP contribution in [0.3, 0.4) is 0 Å². The molecule has 0 fully saturated rings. The lowest BCUT2D eigenvalue weighted by Crippen LogP contribution is -1.96. The van der Waals surface area contributed by atoms with E-state index in [-0.39, 0.29) is 5.88 Å². The standard InChI is InChI=1S/C12H10N2O2/c15-8-14-11-4-2-1-3-10(11)9-5-6-12(16)13-7-9/h1-8H,(H,13,16)(H,14,15). The van der Waals surface area contributed by atoms with E-state index in [1.807, 2.05) is 18.2 Å². The van der Waals surface area contributed by atoms with Crippen molar-refractivity contribution in [2.75, 3.05) is 5.32 Å². The number of pyridine rings is 1. The van der Waals surface area contributed by atoms with Gasteiger partial charge in [0.1, 0.15) is 0 Å². The van der Waals surface area contributed by atoms with Crippen LogP contribution < -0.4 is 5.32 Å². The summed E-state index contributed by atoms with van der Waals surface area (Å²) >= 11 is 0. The number of aromatic hydroxyl groups is 1. The molecular weight excluding hydrogens is 204 g/mol. The molecule has 0 spiro atoms. The molecule has 4 nitrogen and oxygen atoms in total. The molecule has 0 atom stereocenters. The summed E-state index contributed by atoms with van der Waals surface area (Å²) < 4.78 is 0. The predicted octanol–water partition coefficient (Wildman–Crippen LogP) is 2.02. The lowest BCUT2D eigenvalue weighted by atomic mass is 10.1. The second-order valence-corrected chi connectivity index (χ2v) is 3.21. The van der Waals surface area contributed by atoms with Gasteiger partial charge in [-0.25, -0.2) is 4.98 Å². The van der Waals surface area contributed by atoms with Crippen LogP contribution in [0.4, 0.5) is 5.69 Å². The van der Waals surface area contributed by atoms with Gasteiger partial charge in [0.25, 0.3) is 0 Å². The summed E-state index contributed by atoms with van der Waals surface area (Å²) in [6.45, 7) is 0. The highest BCUT2D eigenvalue weighted by Crippen LogP contribution is 2.27. The number of carbonyl (C=O) groups is 1. The molecule has 0 aliphatic rings. The Morgan fingerprint density at radius 3 is 2.69 bits per heavy atom. The number of hydrogen-bond acceptors (Lipinski definition) is 3. The number of anilines is 1. The Hall–Kier alpha value is -2.36.